The molecular weight excluding hydrogens is 390 g/mol. The Kier molecular flexibility index (Phi) is 9.25. The highest BCUT2D eigenvalue weighted by Crippen LogP contribution is 2.41. The average Bonchev–Trinajstić information content (AvgIpc) is 2.75. The van der Waals surface area contributed by atoms with Gasteiger partial charge in [0.25, 0.3) is 0 Å². The molecule has 0 aromatic heterocycles. The maximum Gasteiger partial charge on any atom is 0.161 e. The smallest absolute Gasteiger partial charge is 0.161 e. The number of hydrogen-bond acceptors (Lipinski definition) is 5. The van der Waals surface area contributed by atoms with E-state index in [1.807, 2.05) is 18.3 Å². The fourth-order valence-corrected chi connectivity index (χ4v) is 3.26. The molecule has 170 valence electrons. The number of hydrogen-bond donors (Lipinski definition) is 1. The fourth-order valence-electron chi connectivity index (χ4n) is 3.26. The van der Waals surface area contributed by atoms with Crippen LogP contribution in [-0.4, -0.2) is 44.0 Å². The van der Waals surface area contributed by atoms with Crippen LogP contribution in [0.5, 0.6) is 11.5 Å². The molecule has 0 aliphatic carbocycles. The molecule has 0 spiro atoms. The van der Waals surface area contributed by atoms with E-state index < -0.39 is 0 Å². The Labute approximate surface area is 187 Å². The molecule has 5 heteroatoms. The van der Waals surface area contributed by atoms with E-state index in [1.165, 1.54) is 12.0 Å². The second-order valence-electron chi connectivity index (χ2n) is 8.14. The summed E-state index contributed by atoms with van der Waals surface area (Å²) in [4.78, 5) is 2.12. The van der Waals surface area contributed by atoms with Gasteiger partial charge in [-0.15, -0.1) is 0 Å². The highest BCUT2D eigenvalue weighted by atomic mass is 16.5. The van der Waals surface area contributed by atoms with Crippen LogP contribution < -0.4 is 9.47 Å². The van der Waals surface area contributed by atoms with Crippen molar-refractivity contribution in [2.45, 2.75) is 40.0 Å². The van der Waals surface area contributed by atoms with E-state index in [2.05, 4.69) is 44.9 Å². The Bertz CT molecular complexity index is 851. The van der Waals surface area contributed by atoms with E-state index in [0.717, 1.165) is 47.9 Å². The van der Waals surface area contributed by atoms with Crippen molar-refractivity contribution in [3.05, 3.63) is 65.6 Å². The molecule has 5 nitrogen and oxygen atoms in total. The SMILES string of the molecule is C=C(O)C1=CN2CCc3cc(OCCCOC)c(OC)cc3C2=CC1=C.CCC(C)C. The Morgan fingerprint density at radius 2 is 1.90 bits per heavy atom. The molecule has 0 atom stereocenters. The molecule has 0 saturated carbocycles. The van der Waals surface area contributed by atoms with Crippen LogP contribution in [0, 0.1) is 5.92 Å². The molecule has 0 unspecified atom stereocenters. The highest BCUT2D eigenvalue weighted by Gasteiger charge is 2.26. The number of benzene rings is 1. The molecular formula is C26H37NO4. The van der Waals surface area contributed by atoms with E-state index in [1.54, 1.807) is 14.2 Å². The monoisotopic (exact) mass is 427 g/mol. The Balaban J connectivity index is 0.000000614. The lowest BCUT2D eigenvalue weighted by atomic mass is 9.91. The van der Waals surface area contributed by atoms with Gasteiger partial charge in [-0.05, 0) is 41.7 Å². The van der Waals surface area contributed by atoms with Crippen LogP contribution in [0.25, 0.3) is 5.70 Å². The molecule has 0 radical (unpaired) electrons. The minimum absolute atomic E-state index is 0.0356. The largest absolute Gasteiger partial charge is 0.508 e. The van der Waals surface area contributed by atoms with Crippen molar-refractivity contribution in [1.29, 1.82) is 0 Å². The molecule has 3 rings (SSSR count). The van der Waals surface area contributed by atoms with Crippen molar-refractivity contribution in [3.63, 3.8) is 0 Å². The number of fused-ring (bicyclic) bond motifs is 3. The first kappa shape index (κ1) is 24.6. The van der Waals surface area contributed by atoms with E-state index in [9.17, 15) is 5.11 Å². The van der Waals surface area contributed by atoms with E-state index in [-0.39, 0.29) is 5.76 Å². The number of aliphatic hydroxyl groups excluding tert-OH is 1. The molecule has 1 N–H and O–H groups in total. The maximum absolute atomic E-state index is 9.75. The van der Waals surface area contributed by atoms with Gasteiger partial charge in [-0.25, -0.2) is 0 Å². The van der Waals surface area contributed by atoms with Crippen molar-refractivity contribution < 1.29 is 19.3 Å². The summed E-state index contributed by atoms with van der Waals surface area (Å²) in [7, 11) is 3.33. The zero-order chi connectivity index (χ0) is 23.0. The van der Waals surface area contributed by atoms with Gasteiger partial charge >= 0.3 is 0 Å². The van der Waals surface area contributed by atoms with E-state index >= 15 is 0 Å². The summed E-state index contributed by atoms with van der Waals surface area (Å²) >= 11 is 0. The van der Waals surface area contributed by atoms with Gasteiger partial charge in [0.2, 0.25) is 0 Å². The van der Waals surface area contributed by atoms with E-state index in [4.69, 9.17) is 14.2 Å². The second-order valence-corrected chi connectivity index (χ2v) is 8.14. The lowest BCUT2D eigenvalue weighted by Gasteiger charge is -2.35. The zero-order valence-electron chi connectivity index (χ0n) is 19.7. The van der Waals surface area contributed by atoms with Crippen LogP contribution in [0.15, 0.2) is 54.5 Å². The minimum atomic E-state index is 0.0356. The first-order chi connectivity index (χ1) is 14.8. The predicted octanol–water partition coefficient (Wildman–Crippen LogP) is 5.89. The first-order valence-corrected chi connectivity index (χ1v) is 10.9. The normalized spacial score (nSPS) is 14.6. The summed E-state index contributed by atoms with van der Waals surface area (Å²) in [5.74, 6) is 2.38. The van der Waals surface area contributed by atoms with Crippen LogP contribution in [0.4, 0.5) is 0 Å². The van der Waals surface area contributed by atoms with Crippen molar-refractivity contribution in [2.75, 3.05) is 34.0 Å². The van der Waals surface area contributed by atoms with Crippen molar-refractivity contribution in [3.8, 4) is 11.5 Å². The lowest BCUT2D eigenvalue weighted by Crippen LogP contribution is -2.27. The van der Waals surface area contributed by atoms with Crippen molar-refractivity contribution in [2.24, 2.45) is 5.92 Å². The molecule has 0 saturated heterocycles. The molecule has 0 amide bonds. The summed E-state index contributed by atoms with van der Waals surface area (Å²) in [6, 6.07) is 4.07. The van der Waals surface area contributed by atoms with Crippen LogP contribution in [0.1, 0.15) is 44.7 Å². The van der Waals surface area contributed by atoms with Crippen LogP contribution >= 0.6 is 0 Å². The molecule has 31 heavy (non-hydrogen) atoms. The van der Waals surface area contributed by atoms with Gasteiger partial charge < -0.3 is 24.2 Å². The van der Waals surface area contributed by atoms with Crippen molar-refractivity contribution >= 4 is 5.70 Å². The predicted molar refractivity (Wildman–Crippen MR) is 127 cm³/mol. The number of rotatable bonds is 8. The molecule has 2 aliphatic heterocycles. The highest BCUT2D eigenvalue weighted by molar-refractivity contribution is 5.77. The van der Waals surface area contributed by atoms with Gasteiger partial charge in [-0.1, -0.05) is 40.3 Å². The van der Waals surface area contributed by atoms with Gasteiger partial charge in [0.15, 0.2) is 11.5 Å². The van der Waals surface area contributed by atoms with Gasteiger partial charge in [0, 0.05) is 49.7 Å². The zero-order valence-corrected chi connectivity index (χ0v) is 19.7. The third-order valence-electron chi connectivity index (χ3n) is 5.42. The van der Waals surface area contributed by atoms with Gasteiger partial charge in [-0.2, -0.15) is 0 Å². The van der Waals surface area contributed by atoms with Gasteiger partial charge in [0.1, 0.15) is 5.76 Å². The summed E-state index contributed by atoms with van der Waals surface area (Å²) in [5.41, 5.74) is 4.77. The maximum atomic E-state index is 9.75. The van der Waals surface area contributed by atoms with Gasteiger partial charge in [0.05, 0.1) is 13.7 Å². The molecule has 1 aromatic rings. The lowest BCUT2D eigenvalue weighted by molar-refractivity contribution is 0.170. The van der Waals surface area contributed by atoms with Gasteiger partial charge in [-0.3, -0.25) is 0 Å². The van der Waals surface area contributed by atoms with Crippen molar-refractivity contribution in [1.82, 2.24) is 4.90 Å². The van der Waals surface area contributed by atoms with Crippen LogP contribution in [-0.2, 0) is 11.2 Å². The number of allylic oxidation sites excluding steroid dienone is 2. The molecule has 2 aliphatic rings. The summed E-state index contributed by atoms with van der Waals surface area (Å²) in [5, 5.41) is 9.75. The Morgan fingerprint density at radius 1 is 1.19 bits per heavy atom. The first-order valence-electron chi connectivity index (χ1n) is 10.9. The van der Waals surface area contributed by atoms with Crippen LogP contribution in [0.3, 0.4) is 0 Å². The Hall–Kier alpha value is -2.66. The summed E-state index contributed by atoms with van der Waals surface area (Å²) < 4.78 is 16.5. The molecule has 2 heterocycles. The third kappa shape index (κ3) is 6.41. The number of aliphatic hydroxyl groups is 1. The number of ether oxygens (including phenoxy) is 3. The summed E-state index contributed by atoms with van der Waals surface area (Å²) in [6.45, 7) is 16.4. The fraction of sp³-hybridized carbons (Fsp3) is 0.462. The molecule has 0 bridgehead atoms. The van der Waals surface area contributed by atoms with E-state index in [0.29, 0.717) is 24.5 Å². The summed E-state index contributed by atoms with van der Waals surface area (Å²) in [6.07, 6.45) is 6.89. The van der Waals surface area contributed by atoms with Crippen LogP contribution in [0.2, 0.25) is 0 Å². The third-order valence-corrected chi connectivity index (χ3v) is 5.42. The number of methoxy groups -OCH3 is 2. The quantitative estimate of drug-likeness (QED) is 0.414. The molecule has 0 fully saturated rings. The standard InChI is InChI=1S/C21H25NO4.C5H12/c1-14-10-19-17-12-20(25-4)21(26-9-5-8-24-3)11-16(17)6-7-22(19)13-18(14)15(2)23;1-4-5(2)3/h10-13,23H,1-2,5-9H2,3-4H3;5H,4H2,1-3H3. The topological polar surface area (TPSA) is 51.2 Å². The molecule has 1 aromatic carbocycles. The number of nitrogens with zero attached hydrogens (tertiary/aromatic N) is 1. The minimum Gasteiger partial charge on any atom is -0.508 e. The average molecular weight is 428 g/mol. The second kappa shape index (κ2) is 11.7. The Morgan fingerprint density at radius 3 is 2.48 bits per heavy atom.